The summed E-state index contributed by atoms with van der Waals surface area (Å²) < 4.78 is 5.09. The van der Waals surface area contributed by atoms with E-state index in [4.69, 9.17) is 14.5 Å². The van der Waals surface area contributed by atoms with E-state index in [2.05, 4.69) is 0 Å². The van der Waals surface area contributed by atoms with E-state index in [0.29, 0.717) is 12.0 Å². The van der Waals surface area contributed by atoms with Gasteiger partial charge in [-0.15, -0.1) is 0 Å². The van der Waals surface area contributed by atoms with Crippen molar-refractivity contribution in [2.45, 2.75) is 38.5 Å². The Morgan fingerprint density at radius 1 is 1.00 bits per heavy atom. The molecule has 0 atom stereocenters. The Hall–Kier alpha value is -1.88. The van der Waals surface area contributed by atoms with Crippen molar-refractivity contribution in [1.29, 1.82) is 0 Å². The lowest BCUT2D eigenvalue weighted by molar-refractivity contribution is -0.277. The van der Waals surface area contributed by atoms with Crippen molar-refractivity contribution < 1.29 is 24.1 Å². The zero-order valence-electron chi connectivity index (χ0n) is 12.7. The van der Waals surface area contributed by atoms with Crippen LogP contribution in [0.5, 0.6) is 0 Å². The maximum Gasteiger partial charge on any atom is 0.345 e. The zero-order chi connectivity index (χ0) is 15.6. The fourth-order valence-corrected chi connectivity index (χ4v) is 2.45. The second-order valence-electron chi connectivity index (χ2n) is 5.41. The van der Waals surface area contributed by atoms with Crippen LogP contribution >= 0.6 is 0 Å². The molecule has 2 rings (SSSR count). The van der Waals surface area contributed by atoms with Crippen LogP contribution in [0, 0.1) is 5.92 Å². The Morgan fingerprint density at radius 3 is 2.45 bits per heavy atom. The summed E-state index contributed by atoms with van der Waals surface area (Å²) in [6.07, 6.45) is 5.60. The molecule has 5 heteroatoms. The second-order valence-corrected chi connectivity index (χ2v) is 5.41. The second kappa shape index (κ2) is 9.20. The van der Waals surface area contributed by atoms with Crippen LogP contribution in [0.4, 0.5) is 0 Å². The van der Waals surface area contributed by atoms with Gasteiger partial charge in [0.25, 0.3) is 0 Å². The standard InChI is InChI=1S/C17H22O5/c18-16(14-8-3-1-4-9-14)20-12-7-13-21-22-17(19)15-10-5-2-6-11-15/h1,3-4,8-9,15H,2,5-7,10-13H2. The van der Waals surface area contributed by atoms with Gasteiger partial charge in [-0.1, -0.05) is 37.5 Å². The summed E-state index contributed by atoms with van der Waals surface area (Å²) in [6.45, 7) is 0.454. The molecule has 1 saturated carbocycles. The molecule has 1 aromatic carbocycles. The van der Waals surface area contributed by atoms with Gasteiger partial charge in [0, 0.05) is 6.42 Å². The van der Waals surface area contributed by atoms with Gasteiger partial charge in [0.1, 0.15) is 0 Å². The molecule has 5 nitrogen and oxygen atoms in total. The molecule has 0 heterocycles. The molecule has 1 aliphatic rings. The molecule has 0 aliphatic heterocycles. The normalized spacial score (nSPS) is 15.3. The highest BCUT2D eigenvalue weighted by Crippen LogP contribution is 2.24. The number of rotatable bonds is 7. The minimum Gasteiger partial charge on any atom is -0.462 e. The van der Waals surface area contributed by atoms with Crippen LogP contribution in [0.15, 0.2) is 30.3 Å². The summed E-state index contributed by atoms with van der Waals surface area (Å²) >= 11 is 0. The minimum absolute atomic E-state index is 0.0235. The van der Waals surface area contributed by atoms with E-state index in [1.165, 1.54) is 6.42 Å². The number of carbonyl (C=O) groups excluding carboxylic acids is 2. The Labute approximate surface area is 130 Å². The predicted molar refractivity (Wildman–Crippen MR) is 80.0 cm³/mol. The molecule has 0 radical (unpaired) electrons. The zero-order valence-corrected chi connectivity index (χ0v) is 12.7. The smallest absolute Gasteiger partial charge is 0.345 e. The van der Waals surface area contributed by atoms with Crippen molar-refractivity contribution in [3.63, 3.8) is 0 Å². The molecule has 0 saturated heterocycles. The molecule has 0 bridgehead atoms. The fraction of sp³-hybridized carbons (Fsp3) is 0.529. The summed E-state index contributed by atoms with van der Waals surface area (Å²) in [4.78, 5) is 33.0. The first-order valence-corrected chi connectivity index (χ1v) is 7.83. The number of carbonyl (C=O) groups is 2. The minimum atomic E-state index is -0.361. The van der Waals surface area contributed by atoms with E-state index >= 15 is 0 Å². The summed E-state index contributed by atoms with van der Waals surface area (Å²) in [6, 6.07) is 8.80. The molecular weight excluding hydrogens is 284 g/mol. The van der Waals surface area contributed by atoms with Gasteiger partial charge in [-0.2, -0.15) is 4.89 Å². The molecule has 22 heavy (non-hydrogen) atoms. The quantitative estimate of drug-likeness (QED) is 0.335. The molecule has 0 unspecified atom stereocenters. The lowest BCUT2D eigenvalue weighted by atomic mass is 9.89. The van der Waals surface area contributed by atoms with Crippen molar-refractivity contribution >= 4 is 11.9 Å². The number of ether oxygens (including phenoxy) is 1. The van der Waals surface area contributed by atoms with Crippen molar-refractivity contribution in [2.24, 2.45) is 5.92 Å². The van der Waals surface area contributed by atoms with Gasteiger partial charge in [0.2, 0.25) is 0 Å². The Balaban J connectivity index is 1.52. The molecule has 0 aromatic heterocycles. The highest BCUT2D eigenvalue weighted by molar-refractivity contribution is 5.89. The van der Waals surface area contributed by atoms with Crippen LogP contribution in [0.3, 0.4) is 0 Å². The molecule has 1 aliphatic carbocycles. The van der Waals surface area contributed by atoms with Gasteiger partial charge in [-0.05, 0) is 25.0 Å². The van der Waals surface area contributed by atoms with Crippen LogP contribution in [-0.2, 0) is 19.3 Å². The van der Waals surface area contributed by atoms with E-state index in [9.17, 15) is 9.59 Å². The molecule has 1 aromatic rings. The van der Waals surface area contributed by atoms with Crippen LogP contribution in [-0.4, -0.2) is 25.2 Å². The van der Waals surface area contributed by atoms with Crippen molar-refractivity contribution in [1.82, 2.24) is 0 Å². The molecular formula is C17H22O5. The highest BCUT2D eigenvalue weighted by atomic mass is 17.2. The first kappa shape index (κ1) is 16.5. The third-order valence-corrected chi connectivity index (χ3v) is 3.69. The van der Waals surface area contributed by atoms with Gasteiger partial charge in [-0.25, -0.2) is 9.59 Å². The van der Waals surface area contributed by atoms with Crippen LogP contribution in [0.2, 0.25) is 0 Å². The number of benzene rings is 1. The van der Waals surface area contributed by atoms with Gasteiger partial charge in [0.15, 0.2) is 0 Å². The third-order valence-electron chi connectivity index (χ3n) is 3.69. The summed E-state index contributed by atoms with van der Waals surface area (Å²) in [5.74, 6) is -0.662. The lowest BCUT2D eigenvalue weighted by Gasteiger charge is -2.18. The average Bonchev–Trinajstić information content (AvgIpc) is 2.59. The van der Waals surface area contributed by atoms with Gasteiger partial charge in [-0.3, -0.25) is 4.89 Å². The maximum atomic E-state index is 11.7. The van der Waals surface area contributed by atoms with E-state index in [1.54, 1.807) is 24.3 Å². The number of hydrogen-bond donors (Lipinski definition) is 0. The lowest BCUT2D eigenvalue weighted by Crippen LogP contribution is -2.21. The SMILES string of the molecule is O=C(OCCCOOC(=O)C1CCCCC1)c1ccccc1. The molecule has 0 spiro atoms. The van der Waals surface area contributed by atoms with Gasteiger partial charge < -0.3 is 4.74 Å². The van der Waals surface area contributed by atoms with Gasteiger partial charge >= 0.3 is 11.9 Å². The van der Waals surface area contributed by atoms with E-state index in [-0.39, 0.29) is 31.1 Å². The van der Waals surface area contributed by atoms with Crippen molar-refractivity contribution in [3.8, 4) is 0 Å². The van der Waals surface area contributed by atoms with Crippen molar-refractivity contribution in [2.75, 3.05) is 13.2 Å². The monoisotopic (exact) mass is 306 g/mol. The van der Waals surface area contributed by atoms with Crippen LogP contribution < -0.4 is 0 Å². The molecule has 0 amide bonds. The Kier molecular flexibility index (Phi) is 6.90. The molecule has 0 N–H and O–H groups in total. The third kappa shape index (κ3) is 5.48. The summed E-state index contributed by atoms with van der Waals surface area (Å²) in [7, 11) is 0. The Morgan fingerprint density at radius 2 is 1.73 bits per heavy atom. The van der Waals surface area contributed by atoms with E-state index < -0.39 is 0 Å². The number of esters is 1. The molecule has 120 valence electrons. The highest BCUT2D eigenvalue weighted by Gasteiger charge is 2.23. The first-order valence-electron chi connectivity index (χ1n) is 7.83. The largest absolute Gasteiger partial charge is 0.462 e. The summed E-state index contributed by atoms with van der Waals surface area (Å²) in [5.41, 5.74) is 0.521. The topological polar surface area (TPSA) is 61.8 Å². The average molecular weight is 306 g/mol. The number of hydrogen-bond acceptors (Lipinski definition) is 5. The van der Waals surface area contributed by atoms with Crippen molar-refractivity contribution in [3.05, 3.63) is 35.9 Å². The summed E-state index contributed by atoms with van der Waals surface area (Å²) in [5, 5.41) is 0. The predicted octanol–water partition coefficient (Wildman–Crippen LogP) is 3.29. The molecule has 1 fully saturated rings. The van der Waals surface area contributed by atoms with Crippen LogP contribution in [0.1, 0.15) is 48.9 Å². The fourth-order valence-electron chi connectivity index (χ4n) is 2.45. The first-order chi connectivity index (χ1) is 10.8. The van der Waals surface area contributed by atoms with E-state index in [0.717, 1.165) is 25.7 Å². The maximum absolute atomic E-state index is 11.7. The van der Waals surface area contributed by atoms with E-state index in [1.807, 2.05) is 6.07 Å². The Bertz CT molecular complexity index is 465. The van der Waals surface area contributed by atoms with Gasteiger partial charge in [0.05, 0.1) is 24.7 Å². The van der Waals surface area contributed by atoms with Crippen LogP contribution in [0.25, 0.3) is 0 Å².